The molecule has 1 unspecified atom stereocenters. The molecule has 0 spiro atoms. The summed E-state index contributed by atoms with van der Waals surface area (Å²) in [6.45, 7) is 1.32. The fraction of sp³-hybridized carbons (Fsp3) is 0.500. The van der Waals surface area contributed by atoms with E-state index in [4.69, 9.17) is 0 Å². The van der Waals surface area contributed by atoms with Gasteiger partial charge in [0.2, 0.25) is 0 Å². The summed E-state index contributed by atoms with van der Waals surface area (Å²) in [7, 11) is -1.34. The van der Waals surface area contributed by atoms with Crippen LogP contribution in [0.25, 0.3) is 0 Å². The predicted molar refractivity (Wildman–Crippen MR) is 87.2 cm³/mol. The Labute approximate surface area is 130 Å². The van der Waals surface area contributed by atoms with Gasteiger partial charge in [-0.3, -0.25) is 0 Å². The number of rotatable bonds is 4. The number of hydrogen-bond acceptors (Lipinski definition) is 6. The van der Waals surface area contributed by atoms with Gasteiger partial charge in [-0.05, 0) is 24.7 Å². The Balaban J connectivity index is 2.41. The third kappa shape index (κ3) is 3.70. The SMILES string of the molecule is CNCc1ccc(N2CCSCC2S(C)(=O)=O)c(C#N)c1. The summed E-state index contributed by atoms with van der Waals surface area (Å²) in [4.78, 5) is 1.85. The quantitative estimate of drug-likeness (QED) is 0.897. The Kier molecular flexibility index (Phi) is 5.14. The van der Waals surface area contributed by atoms with Crippen molar-refractivity contribution in [1.82, 2.24) is 5.32 Å². The van der Waals surface area contributed by atoms with Crippen LogP contribution in [0.2, 0.25) is 0 Å². The Hall–Kier alpha value is -1.23. The molecule has 1 aliphatic heterocycles. The molecule has 1 N–H and O–H groups in total. The molecule has 1 atom stereocenters. The first kappa shape index (κ1) is 16.1. The largest absolute Gasteiger partial charge is 0.352 e. The van der Waals surface area contributed by atoms with Crippen LogP contribution in [0.5, 0.6) is 0 Å². The van der Waals surface area contributed by atoms with E-state index in [9.17, 15) is 13.7 Å². The van der Waals surface area contributed by atoms with Gasteiger partial charge in [-0.25, -0.2) is 8.42 Å². The molecule has 2 rings (SSSR count). The van der Waals surface area contributed by atoms with Gasteiger partial charge in [-0.15, -0.1) is 0 Å². The molecule has 0 aliphatic carbocycles. The van der Waals surface area contributed by atoms with Gasteiger partial charge in [-0.2, -0.15) is 17.0 Å². The summed E-state index contributed by atoms with van der Waals surface area (Å²) in [6, 6.07) is 7.82. The maximum absolute atomic E-state index is 12.0. The second-order valence-corrected chi connectivity index (χ2v) is 8.40. The highest BCUT2D eigenvalue weighted by atomic mass is 32.2. The monoisotopic (exact) mass is 325 g/mol. The first-order chi connectivity index (χ1) is 9.97. The van der Waals surface area contributed by atoms with Gasteiger partial charge in [0.15, 0.2) is 9.84 Å². The lowest BCUT2D eigenvalue weighted by molar-refractivity contribution is 0.584. The average Bonchev–Trinajstić information content (AvgIpc) is 2.46. The van der Waals surface area contributed by atoms with E-state index in [1.165, 1.54) is 6.26 Å². The van der Waals surface area contributed by atoms with Crippen molar-refractivity contribution in [2.75, 3.05) is 36.3 Å². The zero-order chi connectivity index (χ0) is 15.5. The zero-order valence-corrected chi connectivity index (χ0v) is 13.8. The topological polar surface area (TPSA) is 73.2 Å². The van der Waals surface area contributed by atoms with Crippen molar-refractivity contribution in [1.29, 1.82) is 5.26 Å². The van der Waals surface area contributed by atoms with E-state index < -0.39 is 15.2 Å². The Morgan fingerprint density at radius 3 is 2.90 bits per heavy atom. The van der Waals surface area contributed by atoms with Crippen LogP contribution in [0.1, 0.15) is 11.1 Å². The van der Waals surface area contributed by atoms with E-state index >= 15 is 0 Å². The van der Waals surface area contributed by atoms with E-state index in [0.29, 0.717) is 30.1 Å². The third-order valence-corrected chi connectivity index (χ3v) is 6.09. The van der Waals surface area contributed by atoms with E-state index in [0.717, 1.165) is 11.3 Å². The number of hydrogen-bond donors (Lipinski definition) is 1. The summed E-state index contributed by atoms with van der Waals surface area (Å²) in [6.07, 6.45) is 1.26. The van der Waals surface area contributed by atoms with Gasteiger partial charge in [0.05, 0.1) is 11.3 Å². The summed E-state index contributed by atoms with van der Waals surface area (Å²) < 4.78 is 24.0. The van der Waals surface area contributed by atoms with Crippen molar-refractivity contribution in [3.05, 3.63) is 29.3 Å². The summed E-state index contributed by atoms with van der Waals surface area (Å²) in [5.74, 6) is 1.41. The van der Waals surface area contributed by atoms with Crippen LogP contribution in [-0.4, -0.2) is 45.1 Å². The second-order valence-electron chi connectivity index (χ2n) is 5.05. The molecule has 114 valence electrons. The number of nitrogens with zero attached hydrogens (tertiary/aromatic N) is 2. The Morgan fingerprint density at radius 1 is 1.52 bits per heavy atom. The highest BCUT2D eigenvalue weighted by Gasteiger charge is 2.32. The molecule has 0 saturated carbocycles. The maximum Gasteiger partial charge on any atom is 0.169 e. The van der Waals surface area contributed by atoms with Crippen molar-refractivity contribution >= 4 is 27.3 Å². The van der Waals surface area contributed by atoms with Crippen molar-refractivity contribution in [2.45, 2.75) is 11.9 Å². The normalized spacial score (nSPS) is 19.3. The van der Waals surface area contributed by atoms with Gasteiger partial charge in [-0.1, -0.05) is 6.07 Å². The Bertz CT molecular complexity index is 653. The molecule has 1 aliphatic rings. The van der Waals surface area contributed by atoms with Gasteiger partial charge >= 0.3 is 0 Å². The molecule has 5 nitrogen and oxygen atoms in total. The number of anilines is 1. The van der Waals surface area contributed by atoms with Crippen LogP contribution in [-0.2, 0) is 16.4 Å². The lowest BCUT2D eigenvalue weighted by atomic mass is 10.1. The van der Waals surface area contributed by atoms with Crippen molar-refractivity contribution in [3.8, 4) is 6.07 Å². The van der Waals surface area contributed by atoms with Crippen LogP contribution in [0.15, 0.2) is 18.2 Å². The molecule has 1 fully saturated rings. The highest BCUT2D eigenvalue weighted by molar-refractivity contribution is 8.01. The highest BCUT2D eigenvalue weighted by Crippen LogP contribution is 2.29. The molecule has 21 heavy (non-hydrogen) atoms. The smallest absolute Gasteiger partial charge is 0.169 e. The summed E-state index contributed by atoms with van der Waals surface area (Å²) in [5, 5.41) is 11.9. The Morgan fingerprint density at radius 2 is 2.29 bits per heavy atom. The van der Waals surface area contributed by atoms with Crippen LogP contribution < -0.4 is 10.2 Å². The van der Waals surface area contributed by atoms with Crippen molar-refractivity contribution in [2.24, 2.45) is 0 Å². The summed E-state index contributed by atoms with van der Waals surface area (Å²) >= 11 is 1.64. The van der Waals surface area contributed by atoms with Crippen molar-refractivity contribution in [3.63, 3.8) is 0 Å². The first-order valence-corrected chi connectivity index (χ1v) is 9.79. The van der Waals surface area contributed by atoms with E-state index in [-0.39, 0.29) is 0 Å². The molecule has 7 heteroatoms. The van der Waals surface area contributed by atoms with Crippen LogP contribution >= 0.6 is 11.8 Å². The fourth-order valence-electron chi connectivity index (χ4n) is 2.45. The third-order valence-electron chi connectivity index (χ3n) is 3.45. The molecule has 1 saturated heterocycles. The van der Waals surface area contributed by atoms with Gasteiger partial charge in [0.1, 0.15) is 11.4 Å². The van der Waals surface area contributed by atoms with Gasteiger partial charge < -0.3 is 10.2 Å². The fourth-order valence-corrected chi connectivity index (χ4v) is 5.28. The number of nitriles is 1. The molecular formula is C14H19N3O2S2. The number of nitrogens with one attached hydrogen (secondary N) is 1. The minimum absolute atomic E-state index is 0.531. The molecule has 0 bridgehead atoms. The molecular weight excluding hydrogens is 306 g/mol. The number of benzene rings is 1. The summed E-state index contributed by atoms with van der Waals surface area (Å²) in [5.41, 5.74) is 2.26. The van der Waals surface area contributed by atoms with E-state index in [1.54, 1.807) is 11.8 Å². The second kappa shape index (κ2) is 6.69. The maximum atomic E-state index is 12.0. The van der Waals surface area contributed by atoms with Gasteiger partial charge in [0.25, 0.3) is 0 Å². The average molecular weight is 325 g/mol. The molecule has 0 aromatic heterocycles. The lowest BCUT2D eigenvalue weighted by Gasteiger charge is -2.36. The predicted octanol–water partition coefficient (Wildman–Crippen LogP) is 1.20. The van der Waals surface area contributed by atoms with Gasteiger partial charge in [0, 0.05) is 30.9 Å². The molecule has 1 aromatic rings. The minimum Gasteiger partial charge on any atom is -0.352 e. The van der Waals surface area contributed by atoms with Crippen molar-refractivity contribution < 1.29 is 8.42 Å². The van der Waals surface area contributed by atoms with Crippen LogP contribution in [0.3, 0.4) is 0 Å². The standard InChI is InChI=1S/C14H19N3O2S2/c1-16-9-11-3-4-13(12(7-11)8-15)17-5-6-20-10-14(17)21(2,18)19/h3-4,7,14,16H,5-6,9-10H2,1-2H3. The minimum atomic E-state index is -3.19. The first-order valence-electron chi connectivity index (χ1n) is 6.68. The number of sulfone groups is 1. The van der Waals surface area contributed by atoms with E-state index in [2.05, 4.69) is 11.4 Å². The molecule has 1 aromatic carbocycles. The lowest BCUT2D eigenvalue weighted by Crippen LogP contribution is -2.47. The molecule has 0 amide bonds. The van der Waals surface area contributed by atoms with Crippen LogP contribution in [0.4, 0.5) is 5.69 Å². The molecule has 1 heterocycles. The zero-order valence-electron chi connectivity index (χ0n) is 12.2. The number of thioether (sulfide) groups is 1. The molecule has 0 radical (unpaired) electrons. The van der Waals surface area contributed by atoms with Crippen LogP contribution in [0, 0.1) is 11.3 Å². The van der Waals surface area contributed by atoms with E-state index in [1.807, 2.05) is 30.1 Å².